The van der Waals surface area contributed by atoms with Crippen molar-refractivity contribution in [1.29, 1.82) is 0 Å². The first kappa shape index (κ1) is 14.8. The molecule has 1 amide bonds. The lowest BCUT2D eigenvalue weighted by Gasteiger charge is -2.31. The van der Waals surface area contributed by atoms with Crippen LogP contribution in [0.2, 0.25) is 0 Å². The third kappa shape index (κ3) is 4.88. The molecule has 0 heterocycles. The average Bonchev–Trinajstić information content (AvgIpc) is 2.15. The molecule has 1 aliphatic rings. The van der Waals surface area contributed by atoms with Crippen molar-refractivity contribution in [3.8, 4) is 0 Å². The molecule has 1 fully saturated rings. The normalized spacial score (nSPS) is 30.6. The summed E-state index contributed by atoms with van der Waals surface area (Å²) in [5, 5.41) is 1.13. The second kappa shape index (κ2) is 6.10. The Bertz CT molecular complexity index is 268. The van der Waals surface area contributed by atoms with Crippen molar-refractivity contribution in [2.45, 2.75) is 68.9 Å². The Balaban J connectivity index is 2.38. The second-order valence-corrected chi connectivity index (χ2v) is 7.57. The van der Waals surface area contributed by atoms with Crippen LogP contribution >= 0.6 is 11.8 Å². The molecule has 0 aliphatic heterocycles. The van der Waals surface area contributed by atoms with Gasteiger partial charge in [-0.1, -0.05) is 26.7 Å². The number of rotatable bonds is 5. The molecule has 4 heteroatoms. The monoisotopic (exact) mass is 258 g/mol. The van der Waals surface area contributed by atoms with Gasteiger partial charge in [-0.2, -0.15) is 11.8 Å². The summed E-state index contributed by atoms with van der Waals surface area (Å²) in [6.45, 7) is 6.21. The molecule has 100 valence electrons. The van der Waals surface area contributed by atoms with Gasteiger partial charge < -0.3 is 11.5 Å². The molecule has 1 saturated carbocycles. The molecule has 0 bridgehead atoms. The van der Waals surface area contributed by atoms with Crippen molar-refractivity contribution in [3.05, 3.63) is 0 Å². The minimum atomic E-state index is -0.868. The zero-order chi connectivity index (χ0) is 13.1. The summed E-state index contributed by atoms with van der Waals surface area (Å²) in [6.07, 6.45) is 5.96. The van der Waals surface area contributed by atoms with Crippen molar-refractivity contribution in [1.82, 2.24) is 0 Å². The Hall–Kier alpha value is -0.220. The lowest BCUT2D eigenvalue weighted by Crippen LogP contribution is -2.50. The molecule has 0 radical (unpaired) electrons. The van der Waals surface area contributed by atoms with Gasteiger partial charge in [-0.05, 0) is 32.1 Å². The Morgan fingerprint density at radius 1 is 1.53 bits per heavy atom. The van der Waals surface area contributed by atoms with Crippen LogP contribution in [0.15, 0.2) is 0 Å². The molecular weight excluding hydrogens is 232 g/mol. The highest BCUT2D eigenvalue weighted by molar-refractivity contribution is 8.00. The number of carbonyl (C=O) groups is 1. The van der Waals surface area contributed by atoms with Crippen LogP contribution in [0, 0.1) is 5.92 Å². The highest BCUT2D eigenvalue weighted by Crippen LogP contribution is 2.35. The van der Waals surface area contributed by atoms with E-state index in [4.69, 9.17) is 11.5 Å². The minimum absolute atomic E-state index is 0.396. The fourth-order valence-electron chi connectivity index (χ4n) is 2.58. The van der Waals surface area contributed by atoms with Gasteiger partial charge in [0, 0.05) is 10.5 Å². The third-order valence-corrected chi connectivity index (χ3v) is 5.03. The molecule has 4 unspecified atom stereocenters. The summed E-state index contributed by atoms with van der Waals surface area (Å²) < 4.78 is 0. The van der Waals surface area contributed by atoms with Crippen LogP contribution in [0.5, 0.6) is 0 Å². The maximum absolute atomic E-state index is 11.2. The van der Waals surface area contributed by atoms with E-state index in [0.29, 0.717) is 11.7 Å². The van der Waals surface area contributed by atoms with Crippen molar-refractivity contribution >= 4 is 17.7 Å². The van der Waals surface area contributed by atoms with Crippen LogP contribution in [0.3, 0.4) is 0 Å². The quantitative estimate of drug-likeness (QED) is 0.795. The highest BCUT2D eigenvalue weighted by Gasteiger charge is 2.30. The first-order valence-corrected chi connectivity index (χ1v) is 7.50. The van der Waals surface area contributed by atoms with Crippen LogP contribution in [0.25, 0.3) is 0 Å². The molecule has 17 heavy (non-hydrogen) atoms. The van der Waals surface area contributed by atoms with Crippen molar-refractivity contribution in [2.75, 3.05) is 0 Å². The van der Waals surface area contributed by atoms with Gasteiger partial charge in [0.05, 0.1) is 5.54 Å². The molecule has 0 aromatic carbocycles. The Kier molecular flexibility index (Phi) is 5.32. The number of primary amides is 1. The number of hydrogen-bond donors (Lipinski definition) is 2. The van der Waals surface area contributed by atoms with Crippen molar-refractivity contribution < 1.29 is 4.79 Å². The molecule has 0 spiro atoms. The number of nitrogens with two attached hydrogens (primary N) is 2. The van der Waals surface area contributed by atoms with Gasteiger partial charge in [0.15, 0.2) is 0 Å². The van der Waals surface area contributed by atoms with Gasteiger partial charge in [-0.3, -0.25) is 4.79 Å². The standard InChI is InChI=1S/C13H26N2OS/c1-9-5-4-6-11(7-9)17-10(2)8-13(3,15)12(14)16/h9-11H,4-8,15H2,1-3H3,(H2,14,16). The van der Waals surface area contributed by atoms with Gasteiger partial charge in [0.25, 0.3) is 0 Å². The first-order valence-electron chi connectivity index (χ1n) is 6.55. The highest BCUT2D eigenvalue weighted by atomic mass is 32.2. The lowest BCUT2D eigenvalue weighted by molar-refractivity contribution is -0.122. The van der Waals surface area contributed by atoms with E-state index in [1.807, 2.05) is 11.8 Å². The topological polar surface area (TPSA) is 69.1 Å². The first-order chi connectivity index (χ1) is 7.81. The summed E-state index contributed by atoms with van der Waals surface area (Å²) in [4.78, 5) is 11.2. The predicted molar refractivity (Wildman–Crippen MR) is 74.9 cm³/mol. The van der Waals surface area contributed by atoms with E-state index in [9.17, 15) is 4.79 Å². The molecule has 0 saturated heterocycles. The smallest absolute Gasteiger partial charge is 0.237 e. The fraction of sp³-hybridized carbons (Fsp3) is 0.923. The van der Waals surface area contributed by atoms with Gasteiger partial charge in [0.1, 0.15) is 0 Å². The summed E-state index contributed by atoms with van der Waals surface area (Å²) in [5.41, 5.74) is 10.3. The maximum Gasteiger partial charge on any atom is 0.237 e. The Labute approximate surface area is 109 Å². The number of thioether (sulfide) groups is 1. The molecule has 4 N–H and O–H groups in total. The molecular formula is C13H26N2OS. The van der Waals surface area contributed by atoms with Crippen LogP contribution < -0.4 is 11.5 Å². The zero-order valence-corrected chi connectivity index (χ0v) is 12.1. The van der Waals surface area contributed by atoms with Crippen molar-refractivity contribution in [3.63, 3.8) is 0 Å². The Morgan fingerprint density at radius 3 is 2.71 bits per heavy atom. The molecule has 3 nitrogen and oxygen atoms in total. The second-order valence-electron chi connectivity index (χ2n) is 5.83. The summed E-state index contributed by atoms with van der Waals surface area (Å²) in [7, 11) is 0. The van der Waals surface area contributed by atoms with E-state index < -0.39 is 11.4 Å². The summed E-state index contributed by atoms with van der Waals surface area (Å²) in [6, 6.07) is 0. The summed E-state index contributed by atoms with van der Waals surface area (Å²) in [5.74, 6) is 0.441. The molecule has 0 aromatic rings. The molecule has 0 aromatic heterocycles. The van der Waals surface area contributed by atoms with Crippen LogP contribution in [0.1, 0.15) is 52.9 Å². The molecule has 4 atom stereocenters. The van der Waals surface area contributed by atoms with E-state index in [-0.39, 0.29) is 0 Å². The van der Waals surface area contributed by atoms with E-state index in [1.165, 1.54) is 25.7 Å². The fourth-order valence-corrected chi connectivity index (χ4v) is 4.42. The van der Waals surface area contributed by atoms with E-state index in [1.54, 1.807) is 6.92 Å². The molecule has 1 rings (SSSR count). The predicted octanol–water partition coefficient (Wildman–Crippen LogP) is 2.28. The third-order valence-electron chi connectivity index (χ3n) is 3.59. The van der Waals surface area contributed by atoms with Crippen LogP contribution in [0.4, 0.5) is 0 Å². The van der Waals surface area contributed by atoms with Crippen molar-refractivity contribution in [2.24, 2.45) is 17.4 Å². The van der Waals surface area contributed by atoms with Gasteiger partial charge in [0.2, 0.25) is 5.91 Å². The summed E-state index contributed by atoms with van der Waals surface area (Å²) >= 11 is 1.98. The maximum atomic E-state index is 11.2. The van der Waals surface area contributed by atoms with E-state index in [2.05, 4.69) is 13.8 Å². The largest absolute Gasteiger partial charge is 0.368 e. The average molecular weight is 258 g/mol. The number of hydrogen-bond acceptors (Lipinski definition) is 3. The van der Waals surface area contributed by atoms with Gasteiger partial charge in [-0.25, -0.2) is 0 Å². The van der Waals surface area contributed by atoms with E-state index >= 15 is 0 Å². The minimum Gasteiger partial charge on any atom is -0.368 e. The lowest BCUT2D eigenvalue weighted by atomic mass is 9.90. The van der Waals surface area contributed by atoms with Gasteiger partial charge >= 0.3 is 0 Å². The molecule has 1 aliphatic carbocycles. The number of amides is 1. The van der Waals surface area contributed by atoms with Crippen LogP contribution in [-0.4, -0.2) is 21.9 Å². The van der Waals surface area contributed by atoms with E-state index in [0.717, 1.165) is 11.2 Å². The van der Waals surface area contributed by atoms with Crippen LogP contribution in [-0.2, 0) is 4.79 Å². The SMILES string of the molecule is CC1CCCC(SC(C)CC(C)(N)C(N)=O)C1. The number of carbonyl (C=O) groups excluding carboxylic acids is 1. The zero-order valence-electron chi connectivity index (χ0n) is 11.2. The Morgan fingerprint density at radius 2 is 2.18 bits per heavy atom. The van der Waals surface area contributed by atoms with Gasteiger partial charge in [-0.15, -0.1) is 0 Å².